The number of aliphatic carboxylic acids is 1. The van der Waals surface area contributed by atoms with Gasteiger partial charge in [-0.05, 0) is 47.9 Å². The first-order valence-electron chi connectivity index (χ1n) is 11.1. The third kappa shape index (κ3) is 4.61. The molecule has 0 spiro atoms. The smallest absolute Gasteiger partial charge is 0.407 e. The SMILES string of the molecule is C[C@@H](NC(=O)CC1CCCC1NC(=O)OCC1c2ccccc2-c2ccccc21)C(=O)O. The van der Waals surface area contributed by atoms with E-state index in [2.05, 4.69) is 34.9 Å². The standard InChI is InChI=1S/C25H28N2O5/c1-15(24(29)30)26-23(28)13-16-7-6-12-22(16)27-25(31)32-14-21-19-10-4-2-8-17(19)18-9-3-5-11-20(18)21/h2-5,8-11,15-16,21-22H,6-7,12-14H2,1H3,(H,26,28)(H,27,31)(H,29,30)/t15-,16?,22?/m1/s1. The van der Waals surface area contributed by atoms with Gasteiger partial charge in [-0.2, -0.15) is 0 Å². The number of carboxylic acid groups (broad SMARTS) is 1. The van der Waals surface area contributed by atoms with E-state index in [9.17, 15) is 14.4 Å². The molecule has 0 aliphatic heterocycles. The van der Waals surface area contributed by atoms with Crippen molar-refractivity contribution in [3.63, 3.8) is 0 Å². The Kier molecular flexibility index (Phi) is 6.44. The molecule has 3 atom stereocenters. The zero-order valence-electron chi connectivity index (χ0n) is 18.0. The molecule has 0 heterocycles. The monoisotopic (exact) mass is 436 g/mol. The van der Waals surface area contributed by atoms with Crippen molar-refractivity contribution in [2.75, 3.05) is 6.61 Å². The predicted molar refractivity (Wildman–Crippen MR) is 119 cm³/mol. The maximum Gasteiger partial charge on any atom is 0.407 e. The molecule has 2 aliphatic rings. The molecule has 2 unspecified atom stereocenters. The van der Waals surface area contributed by atoms with Crippen LogP contribution >= 0.6 is 0 Å². The molecule has 1 saturated carbocycles. The number of amides is 2. The van der Waals surface area contributed by atoms with E-state index in [0.717, 1.165) is 30.4 Å². The van der Waals surface area contributed by atoms with E-state index in [0.29, 0.717) is 0 Å². The number of carbonyl (C=O) groups is 3. The van der Waals surface area contributed by atoms with Gasteiger partial charge in [0.25, 0.3) is 0 Å². The fourth-order valence-corrected chi connectivity index (χ4v) is 4.86. The molecule has 0 saturated heterocycles. The lowest BCUT2D eigenvalue weighted by Crippen LogP contribution is -2.42. The van der Waals surface area contributed by atoms with Crippen LogP contribution in [0.15, 0.2) is 48.5 Å². The highest BCUT2D eigenvalue weighted by Gasteiger charge is 2.33. The van der Waals surface area contributed by atoms with Crippen LogP contribution in [0.1, 0.15) is 49.7 Å². The number of carbonyl (C=O) groups excluding carboxylic acids is 2. The molecular weight excluding hydrogens is 408 g/mol. The molecule has 1 fully saturated rings. The van der Waals surface area contributed by atoms with Gasteiger partial charge < -0.3 is 20.5 Å². The molecule has 0 aromatic heterocycles. The van der Waals surface area contributed by atoms with Crippen molar-refractivity contribution < 1.29 is 24.2 Å². The molecule has 32 heavy (non-hydrogen) atoms. The Balaban J connectivity index is 1.33. The van der Waals surface area contributed by atoms with Gasteiger partial charge in [0.15, 0.2) is 0 Å². The molecule has 4 rings (SSSR count). The Hall–Kier alpha value is -3.35. The van der Waals surface area contributed by atoms with Crippen LogP contribution in [0.4, 0.5) is 4.79 Å². The number of nitrogens with one attached hydrogen (secondary N) is 2. The van der Waals surface area contributed by atoms with Crippen LogP contribution in [0.5, 0.6) is 0 Å². The highest BCUT2D eigenvalue weighted by molar-refractivity contribution is 5.83. The molecule has 2 aromatic rings. The van der Waals surface area contributed by atoms with Crippen LogP contribution in [0, 0.1) is 5.92 Å². The van der Waals surface area contributed by atoms with Gasteiger partial charge in [0.05, 0.1) is 0 Å². The van der Waals surface area contributed by atoms with Crippen LogP contribution in [0.25, 0.3) is 11.1 Å². The van der Waals surface area contributed by atoms with E-state index in [4.69, 9.17) is 9.84 Å². The normalized spacial score (nSPS) is 20.2. The summed E-state index contributed by atoms with van der Waals surface area (Å²) in [5.41, 5.74) is 4.66. The van der Waals surface area contributed by atoms with Gasteiger partial charge in [0.2, 0.25) is 5.91 Å². The molecule has 2 aromatic carbocycles. The van der Waals surface area contributed by atoms with Gasteiger partial charge in [-0.25, -0.2) is 4.79 Å². The molecule has 2 amide bonds. The van der Waals surface area contributed by atoms with Gasteiger partial charge in [-0.15, -0.1) is 0 Å². The number of rotatable bonds is 7. The van der Waals surface area contributed by atoms with Crippen LogP contribution in [0.3, 0.4) is 0 Å². The fraction of sp³-hybridized carbons (Fsp3) is 0.400. The van der Waals surface area contributed by atoms with Gasteiger partial charge in [-0.1, -0.05) is 55.0 Å². The zero-order valence-corrected chi connectivity index (χ0v) is 18.0. The first-order chi connectivity index (χ1) is 15.4. The van der Waals surface area contributed by atoms with E-state index in [-0.39, 0.29) is 36.8 Å². The van der Waals surface area contributed by atoms with Crippen LogP contribution in [-0.2, 0) is 14.3 Å². The average Bonchev–Trinajstić information content (AvgIpc) is 3.34. The summed E-state index contributed by atoms with van der Waals surface area (Å²) >= 11 is 0. The molecule has 3 N–H and O–H groups in total. The summed E-state index contributed by atoms with van der Waals surface area (Å²) in [5.74, 6) is -1.42. The number of fused-ring (bicyclic) bond motifs is 3. The molecule has 168 valence electrons. The van der Waals surface area contributed by atoms with Crippen molar-refractivity contribution in [3.05, 3.63) is 59.7 Å². The molecular formula is C25H28N2O5. The molecule has 7 heteroatoms. The molecule has 0 radical (unpaired) electrons. The minimum Gasteiger partial charge on any atom is -0.480 e. The molecule has 7 nitrogen and oxygen atoms in total. The second-order valence-corrected chi connectivity index (χ2v) is 8.60. The summed E-state index contributed by atoms with van der Waals surface area (Å²) in [6.45, 7) is 1.68. The minimum absolute atomic E-state index is 0.00388. The van der Waals surface area contributed by atoms with Gasteiger partial charge >= 0.3 is 12.1 Å². The van der Waals surface area contributed by atoms with Crippen molar-refractivity contribution in [2.24, 2.45) is 5.92 Å². The predicted octanol–water partition coefficient (Wildman–Crippen LogP) is 3.67. The van der Waals surface area contributed by atoms with Gasteiger partial charge in [0, 0.05) is 18.4 Å². The molecule has 0 bridgehead atoms. The number of carboxylic acids is 1. The van der Waals surface area contributed by atoms with E-state index in [1.165, 1.54) is 18.1 Å². The zero-order chi connectivity index (χ0) is 22.7. The van der Waals surface area contributed by atoms with Crippen molar-refractivity contribution in [2.45, 2.75) is 50.6 Å². The fourth-order valence-electron chi connectivity index (χ4n) is 4.86. The van der Waals surface area contributed by atoms with E-state index in [1.54, 1.807) is 0 Å². The third-order valence-corrected chi connectivity index (χ3v) is 6.50. The average molecular weight is 437 g/mol. The molecule has 2 aliphatic carbocycles. The Morgan fingerprint density at radius 2 is 1.66 bits per heavy atom. The summed E-state index contributed by atoms with van der Waals surface area (Å²) in [5, 5.41) is 14.3. The number of hydrogen-bond donors (Lipinski definition) is 3. The summed E-state index contributed by atoms with van der Waals surface area (Å²) < 4.78 is 5.62. The second-order valence-electron chi connectivity index (χ2n) is 8.60. The van der Waals surface area contributed by atoms with Crippen molar-refractivity contribution in [1.29, 1.82) is 0 Å². The van der Waals surface area contributed by atoms with Crippen molar-refractivity contribution in [3.8, 4) is 11.1 Å². The first kappa shape index (κ1) is 21.9. The maximum absolute atomic E-state index is 12.6. The number of alkyl carbamates (subject to hydrolysis) is 1. The first-order valence-corrected chi connectivity index (χ1v) is 11.1. The largest absolute Gasteiger partial charge is 0.480 e. The Morgan fingerprint density at radius 3 is 2.28 bits per heavy atom. The number of ether oxygens (including phenoxy) is 1. The summed E-state index contributed by atoms with van der Waals surface area (Å²) in [6.07, 6.45) is 2.19. The summed E-state index contributed by atoms with van der Waals surface area (Å²) in [7, 11) is 0. The van der Waals surface area contributed by atoms with Gasteiger partial charge in [0.1, 0.15) is 12.6 Å². The van der Waals surface area contributed by atoms with Crippen LogP contribution in [-0.4, -0.2) is 41.8 Å². The number of benzene rings is 2. The Morgan fingerprint density at radius 1 is 1.03 bits per heavy atom. The highest BCUT2D eigenvalue weighted by atomic mass is 16.5. The van der Waals surface area contributed by atoms with E-state index < -0.39 is 18.1 Å². The van der Waals surface area contributed by atoms with E-state index in [1.807, 2.05) is 24.3 Å². The van der Waals surface area contributed by atoms with E-state index >= 15 is 0 Å². The lowest BCUT2D eigenvalue weighted by Gasteiger charge is -2.22. The minimum atomic E-state index is -1.07. The summed E-state index contributed by atoms with van der Waals surface area (Å²) in [6, 6.07) is 15.3. The topological polar surface area (TPSA) is 105 Å². The highest BCUT2D eigenvalue weighted by Crippen LogP contribution is 2.44. The van der Waals surface area contributed by atoms with Gasteiger partial charge in [-0.3, -0.25) is 9.59 Å². The number of hydrogen-bond acceptors (Lipinski definition) is 4. The Bertz CT molecular complexity index is 975. The summed E-state index contributed by atoms with van der Waals surface area (Å²) in [4.78, 5) is 35.7. The second kappa shape index (κ2) is 9.42. The Labute approximate surface area is 187 Å². The van der Waals surface area contributed by atoms with Crippen molar-refractivity contribution in [1.82, 2.24) is 10.6 Å². The van der Waals surface area contributed by atoms with Crippen LogP contribution in [0.2, 0.25) is 0 Å². The lowest BCUT2D eigenvalue weighted by atomic mass is 9.98. The quantitative estimate of drug-likeness (QED) is 0.614. The van der Waals surface area contributed by atoms with Crippen LogP contribution < -0.4 is 10.6 Å². The maximum atomic E-state index is 12.6. The van der Waals surface area contributed by atoms with Crippen molar-refractivity contribution >= 4 is 18.0 Å². The lowest BCUT2D eigenvalue weighted by molar-refractivity contribution is -0.141. The third-order valence-electron chi connectivity index (χ3n) is 6.50.